The molecule has 1 unspecified atom stereocenters. The molecular formula is C18H18F4N4O2. The number of hydrogen-bond donors (Lipinski definition) is 4. The maximum Gasteiger partial charge on any atom is 0.419 e. The van der Waals surface area contributed by atoms with Crippen LogP contribution in [0.15, 0.2) is 23.0 Å². The number of rotatable bonds is 6. The second kappa shape index (κ2) is 7.34. The molecule has 3 rings (SSSR count). The molecule has 6 nitrogen and oxygen atoms in total. The summed E-state index contributed by atoms with van der Waals surface area (Å²) in [6.07, 6.45) is -3.25. The highest BCUT2D eigenvalue weighted by Crippen LogP contribution is 2.44. The Labute approximate surface area is 157 Å². The minimum Gasteiger partial charge on any atom is -0.390 e. The Morgan fingerprint density at radius 1 is 1.43 bits per heavy atom. The molecule has 150 valence electrons. The van der Waals surface area contributed by atoms with E-state index in [2.05, 4.69) is 15.3 Å². The van der Waals surface area contributed by atoms with Crippen LogP contribution in [0.1, 0.15) is 41.4 Å². The zero-order valence-corrected chi connectivity index (χ0v) is 14.8. The molecule has 1 fully saturated rings. The number of hydrogen-bond acceptors (Lipinski definition) is 5. The van der Waals surface area contributed by atoms with E-state index in [4.69, 9.17) is 5.41 Å². The highest BCUT2D eigenvalue weighted by Gasteiger charge is 2.37. The summed E-state index contributed by atoms with van der Waals surface area (Å²) >= 11 is 0. The summed E-state index contributed by atoms with van der Waals surface area (Å²) in [4.78, 5) is 18.8. The van der Waals surface area contributed by atoms with Crippen molar-refractivity contribution < 1.29 is 22.7 Å². The lowest BCUT2D eigenvalue weighted by Crippen LogP contribution is -2.26. The van der Waals surface area contributed by atoms with Crippen molar-refractivity contribution in [1.82, 2.24) is 9.97 Å². The van der Waals surface area contributed by atoms with Gasteiger partial charge < -0.3 is 20.8 Å². The number of alkyl halides is 3. The third kappa shape index (κ3) is 4.06. The lowest BCUT2D eigenvalue weighted by molar-refractivity contribution is -0.140. The number of benzene rings is 1. The summed E-state index contributed by atoms with van der Waals surface area (Å²) in [6.45, 7) is 0.842. The number of halogens is 4. The Kier molecular flexibility index (Phi) is 5.24. The number of nitrogens with one attached hydrogen (secondary N) is 3. The molecule has 4 N–H and O–H groups in total. The molecule has 0 saturated heterocycles. The minimum absolute atomic E-state index is 0.0219. The molecule has 0 amide bonds. The lowest BCUT2D eigenvalue weighted by atomic mass is 9.99. The number of nitrogens with zero attached hydrogens (tertiary/aromatic N) is 1. The number of aryl methyl sites for hydroxylation is 1. The van der Waals surface area contributed by atoms with Gasteiger partial charge in [-0.1, -0.05) is 6.07 Å². The first-order valence-electron chi connectivity index (χ1n) is 8.54. The minimum atomic E-state index is -4.79. The molecular weight excluding hydrogens is 380 g/mol. The van der Waals surface area contributed by atoms with Crippen LogP contribution in [-0.2, 0) is 6.18 Å². The van der Waals surface area contributed by atoms with Gasteiger partial charge in [0, 0.05) is 0 Å². The molecule has 1 heterocycles. The van der Waals surface area contributed by atoms with Crippen molar-refractivity contribution in [3.05, 3.63) is 56.9 Å². The summed E-state index contributed by atoms with van der Waals surface area (Å²) in [5, 5.41) is 20.0. The van der Waals surface area contributed by atoms with Crippen LogP contribution in [0, 0.1) is 24.1 Å². The molecule has 1 aliphatic rings. The van der Waals surface area contributed by atoms with Crippen molar-refractivity contribution in [2.75, 3.05) is 11.9 Å². The Bertz CT molecular complexity index is 967. The predicted octanol–water partition coefficient (Wildman–Crippen LogP) is 3.16. The monoisotopic (exact) mass is 398 g/mol. The SMILES string of the molecule is Cc1nc(NC(c2ccc(C(F)(F)F)c(F)c2)C2CC2)c(C(=N)CO)c(=O)[nH]1. The van der Waals surface area contributed by atoms with E-state index in [9.17, 15) is 27.5 Å². The largest absolute Gasteiger partial charge is 0.419 e. The summed E-state index contributed by atoms with van der Waals surface area (Å²) in [7, 11) is 0. The highest BCUT2D eigenvalue weighted by molar-refractivity contribution is 6.02. The van der Waals surface area contributed by atoms with E-state index in [-0.39, 0.29) is 34.4 Å². The molecule has 0 aliphatic heterocycles. The summed E-state index contributed by atoms with van der Waals surface area (Å²) < 4.78 is 52.5. The van der Waals surface area contributed by atoms with Gasteiger partial charge in [0.2, 0.25) is 0 Å². The molecule has 28 heavy (non-hydrogen) atoms. The molecule has 0 spiro atoms. The maximum absolute atomic E-state index is 14.0. The first-order valence-corrected chi connectivity index (χ1v) is 8.54. The number of H-pyrrole nitrogens is 1. The third-order valence-corrected chi connectivity index (χ3v) is 4.54. The van der Waals surface area contributed by atoms with Gasteiger partial charge in [-0.15, -0.1) is 0 Å². The van der Waals surface area contributed by atoms with E-state index < -0.39 is 35.8 Å². The third-order valence-electron chi connectivity index (χ3n) is 4.54. The molecule has 10 heteroatoms. The average molecular weight is 398 g/mol. The van der Waals surface area contributed by atoms with E-state index in [1.165, 1.54) is 13.0 Å². The van der Waals surface area contributed by atoms with Crippen LogP contribution >= 0.6 is 0 Å². The zero-order valence-electron chi connectivity index (χ0n) is 14.8. The van der Waals surface area contributed by atoms with Crippen molar-refractivity contribution in [2.24, 2.45) is 5.92 Å². The second-order valence-corrected chi connectivity index (χ2v) is 6.71. The Hall–Kier alpha value is -2.75. The van der Waals surface area contributed by atoms with Crippen LogP contribution in [-0.4, -0.2) is 27.4 Å². The van der Waals surface area contributed by atoms with E-state index in [0.29, 0.717) is 6.07 Å². The van der Waals surface area contributed by atoms with Crippen molar-refractivity contribution in [1.29, 1.82) is 5.41 Å². The van der Waals surface area contributed by atoms with Gasteiger partial charge in [0.1, 0.15) is 23.0 Å². The number of aliphatic hydroxyl groups excluding tert-OH is 1. The van der Waals surface area contributed by atoms with E-state index in [0.717, 1.165) is 18.9 Å². The van der Waals surface area contributed by atoms with Gasteiger partial charge in [0.15, 0.2) is 0 Å². The predicted molar refractivity (Wildman–Crippen MR) is 94.0 cm³/mol. The smallest absolute Gasteiger partial charge is 0.390 e. The van der Waals surface area contributed by atoms with E-state index >= 15 is 0 Å². The van der Waals surface area contributed by atoms with Crippen LogP contribution in [0.5, 0.6) is 0 Å². The average Bonchev–Trinajstić information content (AvgIpc) is 3.42. The van der Waals surface area contributed by atoms with Crippen LogP contribution in [0.25, 0.3) is 0 Å². The molecule has 0 radical (unpaired) electrons. The maximum atomic E-state index is 14.0. The van der Waals surface area contributed by atoms with Gasteiger partial charge in [-0.3, -0.25) is 4.79 Å². The fourth-order valence-electron chi connectivity index (χ4n) is 3.05. The van der Waals surface area contributed by atoms with Crippen LogP contribution < -0.4 is 10.9 Å². The first kappa shape index (κ1) is 20.0. The second-order valence-electron chi connectivity index (χ2n) is 6.71. The Balaban J connectivity index is 2.01. The first-order chi connectivity index (χ1) is 13.1. The number of aliphatic hydroxyl groups is 1. The van der Waals surface area contributed by atoms with Gasteiger partial charge in [-0.25, -0.2) is 9.37 Å². The van der Waals surface area contributed by atoms with Crippen LogP contribution in [0.4, 0.5) is 23.4 Å². The Morgan fingerprint density at radius 3 is 2.64 bits per heavy atom. The van der Waals surface area contributed by atoms with Gasteiger partial charge in [0.25, 0.3) is 5.56 Å². The summed E-state index contributed by atoms with van der Waals surface area (Å²) in [5.74, 6) is -1.07. The van der Waals surface area contributed by atoms with Crippen molar-refractivity contribution >= 4 is 11.5 Å². The van der Waals surface area contributed by atoms with Gasteiger partial charge in [-0.05, 0) is 43.4 Å². The quantitative estimate of drug-likeness (QED) is 0.443. The molecule has 1 saturated carbocycles. The zero-order chi connectivity index (χ0) is 20.6. The standard InChI is InChI=1S/C18H18F4N4O2/c1-8-24-16(14(13(23)7-27)17(28)25-8)26-15(9-2-3-9)10-4-5-11(12(19)6-10)18(20,21)22/h4-6,9,15,23,27H,2-3,7H2,1H3,(H2,24,25,26,28). The molecule has 1 atom stereocenters. The van der Waals surface area contributed by atoms with Crippen molar-refractivity contribution in [3.63, 3.8) is 0 Å². The topological polar surface area (TPSA) is 102 Å². The molecule has 1 aromatic carbocycles. The van der Waals surface area contributed by atoms with Gasteiger partial charge in [-0.2, -0.15) is 13.2 Å². The number of anilines is 1. The summed E-state index contributed by atoms with van der Waals surface area (Å²) in [6, 6.07) is 2.12. The van der Waals surface area contributed by atoms with Crippen molar-refractivity contribution in [2.45, 2.75) is 32.0 Å². The van der Waals surface area contributed by atoms with E-state index in [1.807, 2.05) is 0 Å². The van der Waals surface area contributed by atoms with Gasteiger partial charge in [0.05, 0.1) is 23.9 Å². The summed E-state index contributed by atoms with van der Waals surface area (Å²) in [5.41, 5.74) is -2.20. The van der Waals surface area contributed by atoms with Crippen LogP contribution in [0.2, 0.25) is 0 Å². The van der Waals surface area contributed by atoms with Gasteiger partial charge >= 0.3 is 6.18 Å². The highest BCUT2D eigenvalue weighted by atomic mass is 19.4. The molecule has 2 aromatic rings. The normalized spacial score (nSPS) is 15.4. The molecule has 1 aliphatic carbocycles. The molecule has 1 aromatic heterocycles. The Morgan fingerprint density at radius 2 is 2.11 bits per heavy atom. The number of aromatic amines is 1. The molecule has 0 bridgehead atoms. The number of aromatic nitrogens is 2. The van der Waals surface area contributed by atoms with Crippen molar-refractivity contribution in [3.8, 4) is 0 Å². The van der Waals surface area contributed by atoms with Crippen LogP contribution in [0.3, 0.4) is 0 Å². The fraction of sp³-hybridized carbons (Fsp3) is 0.389. The lowest BCUT2D eigenvalue weighted by Gasteiger charge is -2.22. The fourth-order valence-corrected chi connectivity index (χ4v) is 3.05. The van der Waals surface area contributed by atoms with E-state index in [1.54, 1.807) is 0 Å².